The molecule has 6 heteroatoms. The summed E-state index contributed by atoms with van der Waals surface area (Å²) in [5.41, 5.74) is 2.83. The number of halogens is 2. The van der Waals surface area contributed by atoms with Gasteiger partial charge in [0, 0.05) is 22.5 Å². The predicted molar refractivity (Wildman–Crippen MR) is 108 cm³/mol. The highest BCUT2D eigenvalue weighted by Gasteiger charge is 2.19. The first-order valence-corrected chi connectivity index (χ1v) is 8.96. The molecule has 0 aliphatic carbocycles. The van der Waals surface area contributed by atoms with E-state index in [1.54, 1.807) is 47.3 Å². The topological polar surface area (TPSA) is 46.9 Å². The molecule has 4 rings (SSSR count). The van der Waals surface area contributed by atoms with Gasteiger partial charge in [0.2, 0.25) is 0 Å². The van der Waals surface area contributed by atoms with Gasteiger partial charge in [-0.3, -0.25) is 4.79 Å². The number of anilines is 1. The lowest BCUT2D eigenvalue weighted by atomic mass is 10.1. The van der Waals surface area contributed by atoms with Crippen molar-refractivity contribution in [2.75, 3.05) is 5.32 Å². The van der Waals surface area contributed by atoms with Crippen molar-refractivity contribution < 1.29 is 9.18 Å². The van der Waals surface area contributed by atoms with E-state index in [-0.39, 0.29) is 5.91 Å². The van der Waals surface area contributed by atoms with Gasteiger partial charge < -0.3 is 5.32 Å². The fourth-order valence-corrected chi connectivity index (χ4v) is 2.96. The number of aromatic nitrogens is 2. The Balaban J connectivity index is 1.76. The van der Waals surface area contributed by atoms with Gasteiger partial charge in [0.15, 0.2) is 0 Å². The first-order valence-electron chi connectivity index (χ1n) is 8.58. The summed E-state index contributed by atoms with van der Waals surface area (Å²) in [5.74, 6) is -0.798. The molecular formula is C22H15ClFN3O. The number of amides is 1. The normalized spacial score (nSPS) is 10.6. The minimum atomic E-state index is -0.421. The Labute approximate surface area is 166 Å². The third-order valence-electron chi connectivity index (χ3n) is 4.18. The van der Waals surface area contributed by atoms with E-state index in [0.717, 1.165) is 11.3 Å². The van der Waals surface area contributed by atoms with Crippen LogP contribution in [0.2, 0.25) is 5.02 Å². The third-order valence-corrected chi connectivity index (χ3v) is 4.43. The van der Waals surface area contributed by atoms with Crippen molar-refractivity contribution in [3.63, 3.8) is 0 Å². The number of carbonyl (C=O) groups excluding carboxylic acids is 1. The lowest BCUT2D eigenvalue weighted by Gasteiger charge is -2.05. The molecule has 1 heterocycles. The maximum absolute atomic E-state index is 13.4. The zero-order valence-corrected chi connectivity index (χ0v) is 15.4. The SMILES string of the molecule is O=C(Nc1cccc(F)c1)c1cn(-c2ccccc2)nc1-c1ccc(Cl)cc1. The molecule has 0 atom stereocenters. The van der Waals surface area contributed by atoms with Crippen molar-refractivity contribution in [2.24, 2.45) is 0 Å². The maximum Gasteiger partial charge on any atom is 0.259 e. The van der Waals surface area contributed by atoms with Crippen LogP contribution in [-0.2, 0) is 0 Å². The predicted octanol–water partition coefficient (Wildman–Crippen LogP) is 5.58. The van der Waals surface area contributed by atoms with Crippen LogP contribution in [0.15, 0.2) is 85.1 Å². The molecule has 0 unspecified atom stereocenters. The molecule has 0 aliphatic heterocycles. The van der Waals surface area contributed by atoms with Crippen LogP contribution in [0.3, 0.4) is 0 Å². The third kappa shape index (κ3) is 3.80. The fourth-order valence-electron chi connectivity index (χ4n) is 2.84. The van der Waals surface area contributed by atoms with Gasteiger partial charge in [-0.15, -0.1) is 0 Å². The zero-order valence-electron chi connectivity index (χ0n) is 14.6. The Morgan fingerprint density at radius 3 is 2.43 bits per heavy atom. The number of hydrogen-bond donors (Lipinski definition) is 1. The molecular weight excluding hydrogens is 377 g/mol. The standard InChI is InChI=1S/C22H15ClFN3O/c23-16-11-9-15(10-12-16)21-20(14-27(26-21)19-7-2-1-3-8-19)22(28)25-18-6-4-5-17(24)13-18/h1-14H,(H,25,28). The van der Waals surface area contributed by atoms with Gasteiger partial charge in [0.1, 0.15) is 11.5 Å². The summed E-state index contributed by atoms with van der Waals surface area (Å²) < 4.78 is 15.1. The smallest absolute Gasteiger partial charge is 0.259 e. The molecule has 0 bridgehead atoms. The first-order chi connectivity index (χ1) is 13.6. The van der Waals surface area contributed by atoms with Crippen LogP contribution >= 0.6 is 11.6 Å². The van der Waals surface area contributed by atoms with Gasteiger partial charge in [0.25, 0.3) is 5.91 Å². The molecule has 28 heavy (non-hydrogen) atoms. The summed E-state index contributed by atoms with van der Waals surface area (Å²) in [5, 5.41) is 7.92. The van der Waals surface area contributed by atoms with Crippen molar-refractivity contribution in [2.45, 2.75) is 0 Å². The largest absolute Gasteiger partial charge is 0.322 e. The van der Waals surface area contributed by atoms with Crippen LogP contribution in [0.25, 0.3) is 16.9 Å². The van der Waals surface area contributed by atoms with Gasteiger partial charge in [0.05, 0.1) is 11.3 Å². The Morgan fingerprint density at radius 2 is 1.71 bits per heavy atom. The van der Waals surface area contributed by atoms with Gasteiger partial charge in [-0.1, -0.05) is 48.0 Å². The molecule has 0 spiro atoms. The molecule has 0 radical (unpaired) electrons. The van der Waals surface area contributed by atoms with Crippen molar-refractivity contribution in [1.29, 1.82) is 0 Å². The molecule has 1 N–H and O–H groups in total. The molecule has 0 saturated heterocycles. The maximum atomic E-state index is 13.4. The molecule has 4 aromatic rings. The van der Waals surface area contributed by atoms with E-state index in [9.17, 15) is 9.18 Å². The summed E-state index contributed by atoms with van der Waals surface area (Å²) in [4.78, 5) is 12.9. The van der Waals surface area contributed by atoms with Crippen LogP contribution in [0.4, 0.5) is 10.1 Å². The second kappa shape index (κ2) is 7.66. The lowest BCUT2D eigenvalue weighted by molar-refractivity contribution is 0.102. The molecule has 138 valence electrons. The number of rotatable bonds is 4. The molecule has 1 amide bonds. The summed E-state index contributed by atoms with van der Waals surface area (Å²) in [6.07, 6.45) is 1.66. The quantitative estimate of drug-likeness (QED) is 0.493. The minimum Gasteiger partial charge on any atom is -0.322 e. The van der Waals surface area contributed by atoms with Gasteiger partial charge in [-0.25, -0.2) is 9.07 Å². The molecule has 3 aromatic carbocycles. The van der Waals surface area contributed by atoms with Crippen molar-refractivity contribution in [3.05, 3.63) is 101 Å². The highest BCUT2D eigenvalue weighted by Crippen LogP contribution is 2.26. The van der Waals surface area contributed by atoms with E-state index in [1.165, 1.54) is 12.1 Å². The highest BCUT2D eigenvalue weighted by atomic mass is 35.5. The highest BCUT2D eigenvalue weighted by molar-refractivity contribution is 6.30. The Hall–Kier alpha value is -3.44. The van der Waals surface area contributed by atoms with E-state index >= 15 is 0 Å². The number of nitrogens with zero attached hydrogens (tertiary/aromatic N) is 2. The van der Waals surface area contributed by atoms with Gasteiger partial charge in [-0.05, 0) is 42.5 Å². The Morgan fingerprint density at radius 1 is 0.964 bits per heavy atom. The number of nitrogens with one attached hydrogen (secondary N) is 1. The van der Waals surface area contributed by atoms with Crippen LogP contribution in [0.5, 0.6) is 0 Å². The fraction of sp³-hybridized carbons (Fsp3) is 0. The molecule has 0 aliphatic rings. The van der Waals surface area contributed by atoms with Crippen LogP contribution in [0, 0.1) is 5.82 Å². The van der Waals surface area contributed by atoms with E-state index in [4.69, 9.17) is 11.6 Å². The van der Waals surface area contributed by atoms with Crippen LogP contribution < -0.4 is 5.32 Å². The number of hydrogen-bond acceptors (Lipinski definition) is 2. The lowest BCUT2D eigenvalue weighted by Crippen LogP contribution is -2.12. The summed E-state index contributed by atoms with van der Waals surface area (Å²) >= 11 is 5.98. The number of carbonyl (C=O) groups is 1. The van der Waals surface area contributed by atoms with E-state index in [2.05, 4.69) is 10.4 Å². The second-order valence-corrected chi connectivity index (χ2v) is 6.58. The van der Waals surface area contributed by atoms with Gasteiger partial charge >= 0.3 is 0 Å². The van der Waals surface area contributed by atoms with Gasteiger partial charge in [-0.2, -0.15) is 5.10 Å². The Bertz CT molecular complexity index is 1120. The second-order valence-electron chi connectivity index (χ2n) is 6.14. The van der Waals surface area contributed by atoms with Crippen LogP contribution in [0.1, 0.15) is 10.4 Å². The van der Waals surface area contributed by atoms with E-state index in [1.807, 2.05) is 30.3 Å². The van der Waals surface area contributed by atoms with Crippen LogP contribution in [-0.4, -0.2) is 15.7 Å². The summed E-state index contributed by atoms with van der Waals surface area (Å²) in [7, 11) is 0. The monoisotopic (exact) mass is 391 g/mol. The summed E-state index contributed by atoms with van der Waals surface area (Å²) in [6, 6.07) is 22.3. The van der Waals surface area contributed by atoms with Crippen molar-refractivity contribution >= 4 is 23.2 Å². The average molecular weight is 392 g/mol. The zero-order chi connectivity index (χ0) is 19.5. The van der Waals surface area contributed by atoms with Crippen molar-refractivity contribution in [3.8, 4) is 16.9 Å². The summed E-state index contributed by atoms with van der Waals surface area (Å²) in [6.45, 7) is 0. The minimum absolute atomic E-state index is 0.371. The molecule has 0 fully saturated rings. The van der Waals surface area contributed by atoms with E-state index in [0.29, 0.717) is 22.0 Å². The molecule has 4 nitrogen and oxygen atoms in total. The molecule has 0 saturated carbocycles. The first kappa shape index (κ1) is 17.9. The number of benzene rings is 3. The van der Waals surface area contributed by atoms with E-state index < -0.39 is 5.82 Å². The average Bonchev–Trinajstić information content (AvgIpc) is 3.15. The van der Waals surface area contributed by atoms with Crippen molar-refractivity contribution in [1.82, 2.24) is 9.78 Å². The molecule has 1 aromatic heterocycles. The Kier molecular flexibility index (Phi) is 4.91. The number of para-hydroxylation sites is 1.